The Balaban J connectivity index is 1.59. The third-order valence-corrected chi connectivity index (χ3v) is 4.99. The number of fused-ring (bicyclic) bond motifs is 1. The zero-order chi connectivity index (χ0) is 20.5. The molecule has 3 heterocycles. The molecule has 148 valence electrons. The van der Waals surface area contributed by atoms with Crippen molar-refractivity contribution in [1.29, 1.82) is 0 Å². The molecule has 0 spiro atoms. The number of hydrogen-bond acceptors (Lipinski definition) is 4. The highest BCUT2D eigenvalue weighted by Gasteiger charge is 2.22. The number of carbonyl (C=O) groups is 1. The summed E-state index contributed by atoms with van der Waals surface area (Å²) in [5.74, 6) is -0.591. The van der Waals surface area contributed by atoms with Gasteiger partial charge in [-0.25, -0.2) is 9.07 Å². The van der Waals surface area contributed by atoms with Crippen LogP contribution in [0.25, 0.3) is 5.69 Å². The van der Waals surface area contributed by atoms with E-state index in [9.17, 15) is 18.8 Å². The summed E-state index contributed by atoms with van der Waals surface area (Å²) < 4.78 is 15.8. The molecule has 1 aromatic carbocycles. The topological polar surface area (TPSA) is 77.2 Å². The van der Waals surface area contributed by atoms with Gasteiger partial charge in [-0.1, -0.05) is 0 Å². The van der Waals surface area contributed by atoms with Crippen LogP contribution in [0.5, 0.6) is 0 Å². The molecule has 4 rings (SSSR count). The first kappa shape index (κ1) is 18.8. The van der Waals surface area contributed by atoms with Gasteiger partial charge in [0.25, 0.3) is 11.1 Å². The molecule has 0 saturated heterocycles. The van der Waals surface area contributed by atoms with E-state index >= 15 is 0 Å². The van der Waals surface area contributed by atoms with Crippen LogP contribution in [0, 0.1) is 12.7 Å². The molecular weight excluding hydrogens is 375 g/mol. The fraction of sp³-hybridized carbons (Fsp3) is 0.238. The van der Waals surface area contributed by atoms with Crippen molar-refractivity contribution in [3.05, 3.63) is 92.0 Å². The van der Waals surface area contributed by atoms with Crippen molar-refractivity contribution >= 4 is 5.91 Å². The van der Waals surface area contributed by atoms with E-state index in [1.165, 1.54) is 34.9 Å². The lowest BCUT2D eigenvalue weighted by Gasteiger charge is -2.29. The van der Waals surface area contributed by atoms with Gasteiger partial charge in [0.1, 0.15) is 12.4 Å². The van der Waals surface area contributed by atoms with E-state index < -0.39 is 0 Å². The summed E-state index contributed by atoms with van der Waals surface area (Å²) in [7, 11) is 0. The third kappa shape index (κ3) is 3.87. The quantitative estimate of drug-likeness (QED) is 0.673. The number of aryl methyl sites for hydroxylation is 1. The first-order chi connectivity index (χ1) is 13.9. The molecule has 1 amide bonds. The number of halogens is 1. The molecule has 0 N–H and O–H groups in total. The lowest BCUT2D eigenvalue weighted by molar-refractivity contribution is -0.133. The van der Waals surface area contributed by atoms with Gasteiger partial charge < -0.3 is 4.90 Å². The zero-order valence-electron chi connectivity index (χ0n) is 15.8. The van der Waals surface area contributed by atoms with Crippen LogP contribution in [-0.2, 0) is 24.3 Å². The summed E-state index contributed by atoms with van der Waals surface area (Å²) in [6.07, 6.45) is 2.25. The van der Waals surface area contributed by atoms with E-state index in [0.29, 0.717) is 30.9 Å². The number of amides is 1. The molecule has 0 fully saturated rings. The van der Waals surface area contributed by atoms with E-state index in [4.69, 9.17) is 0 Å². The molecule has 0 bridgehead atoms. The second-order valence-corrected chi connectivity index (χ2v) is 7.04. The Bertz CT molecular complexity index is 1200. The maximum atomic E-state index is 13.2. The Labute approximate surface area is 165 Å². The van der Waals surface area contributed by atoms with Crippen molar-refractivity contribution in [1.82, 2.24) is 19.2 Å². The number of benzene rings is 1. The number of pyridine rings is 1. The number of rotatable bonds is 3. The van der Waals surface area contributed by atoms with Gasteiger partial charge in [-0.05, 0) is 54.8 Å². The maximum absolute atomic E-state index is 13.2. The van der Waals surface area contributed by atoms with Crippen LogP contribution < -0.4 is 11.1 Å². The van der Waals surface area contributed by atoms with Gasteiger partial charge in [0, 0.05) is 37.1 Å². The average molecular weight is 394 g/mol. The van der Waals surface area contributed by atoms with E-state index in [1.54, 1.807) is 30.2 Å². The largest absolute Gasteiger partial charge is 0.336 e. The average Bonchev–Trinajstić information content (AvgIpc) is 2.70. The highest BCUT2D eigenvalue weighted by molar-refractivity contribution is 5.76. The summed E-state index contributed by atoms with van der Waals surface area (Å²) in [6, 6.07) is 10.2. The molecule has 3 aromatic rings. The lowest BCUT2D eigenvalue weighted by Crippen LogP contribution is -2.41. The second kappa shape index (κ2) is 7.46. The normalized spacial score (nSPS) is 13.2. The molecular formula is C21H19FN4O3. The Morgan fingerprint density at radius 2 is 1.83 bits per heavy atom. The molecule has 0 saturated carbocycles. The van der Waals surface area contributed by atoms with Crippen LogP contribution in [0.2, 0.25) is 0 Å². The standard InChI is InChI=1S/C21H19FN4O3/c1-14-2-7-19(27)26(23-14)13-21(29)24-9-8-15-10-20(28)25(12-16(15)11-24)18-5-3-17(22)4-6-18/h2-7,10,12H,8-9,11,13H2,1H3. The Hall–Kier alpha value is -3.55. The molecule has 0 aliphatic carbocycles. The van der Waals surface area contributed by atoms with Gasteiger partial charge in [-0.3, -0.25) is 19.0 Å². The molecule has 0 atom stereocenters. The minimum absolute atomic E-state index is 0.132. The van der Waals surface area contributed by atoms with Crippen molar-refractivity contribution in [3.63, 3.8) is 0 Å². The number of hydrogen-bond donors (Lipinski definition) is 0. The minimum Gasteiger partial charge on any atom is -0.336 e. The first-order valence-corrected chi connectivity index (χ1v) is 9.24. The van der Waals surface area contributed by atoms with E-state index in [-0.39, 0.29) is 29.4 Å². The molecule has 2 aromatic heterocycles. The van der Waals surface area contributed by atoms with Crippen LogP contribution in [0.15, 0.2) is 58.3 Å². The van der Waals surface area contributed by atoms with E-state index in [1.807, 2.05) is 0 Å². The van der Waals surface area contributed by atoms with Crippen molar-refractivity contribution in [2.45, 2.75) is 26.4 Å². The summed E-state index contributed by atoms with van der Waals surface area (Å²) >= 11 is 0. The molecule has 7 nitrogen and oxygen atoms in total. The summed E-state index contributed by atoms with van der Waals surface area (Å²) in [5.41, 5.74) is 2.42. The number of nitrogens with zero attached hydrogens (tertiary/aromatic N) is 4. The van der Waals surface area contributed by atoms with Crippen LogP contribution in [0.1, 0.15) is 16.8 Å². The van der Waals surface area contributed by atoms with Crippen molar-refractivity contribution in [2.24, 2.45) is 0 Å². The minimum atomic E-state index is -0.378. The van der Waals surface area contributed by atoms with Gasteiger partial charge >= 0.3 is 0 Å². The van der Waals surface area contributed by atoms with E-state index in [2.05, 4.69) is 5.10 Å². The zero-order valence-corrected chi connectivity index (χ0v) is 15.8. The van der Waals surface area contributed by atoms with Crippen LogP contribution in [0.3, 0.4) is 0 Å². The molecule has 1 aliphatic rings. The van der Waals surface area contributed by atoms with Gasteiger partial charge in [-0.2, -0.15) is 5.10 Å². The Kier molecular flexibility index (Phi) is 4.84. The van der Waals surface area contributed by atoms with Gasteiger partial charge in [-0.15, -0.1) is 0 Å². The van der Waals surface area contributed by atoms with Crippen molar-refractivity contribution < 1.29 is 9.18 Å². The Morgan fingerprint density at radius 3 is 2.59 bits per heavy atom. The predicted octanol–water partition coefficient (Wildman–Crippen LogP) is 1.43. The highest BCUT2D eigenvalue weighted by atomic mass is 19.1. The monoisotopic (exact) mass is 394 g/mol. The fourth-order valence-electron chi connectivity index (χ4n) is 3.44. The van der Waals surface area contributed by atoms with Gasteiger partial charge in [0.2, 0.25) is 5.91 Å². The number of aromatic nitrogens is 3. The predicted molar refractivity (Wildman–Crippen MR) is 104 cm³/mol. The van der Waals surface area contributed by atoms with Crippen LogP contribution in [-0.4, -0.2) is 31.7 Å². The first-order valence-electron chi connectivity index (χ1n) is 9.24. The summed E-state index contributed by atoms with van der Waals surface area (Å²) in [6.45, 7) is 2.42. The van der Waals surface area contributed by atoms with Crippen molar-refractivity contribution in [2.75, 3.05) is 6.54 Å². The highest BCUT2D eigenvalue weighted by Crippen LogP contribution is 2.19. The molecule has 1 aliphatic heterocycles. The SMILES string of the molecule is Cc1ccc(=O)n(CC(=O)N2CCc3cc(=O)n(-c4ccc(F)cc4)cc3C2)n1. The fourth-order valence-corrected chi connectivity index (χ4v) is 3.44. The van der Waals surface area contributed by atoms with E-state index in [0.717, 1.165) is 15.8 Å². The molecule has 8 heteroatoms. The van der Waals surface area contributed by atoms with Crippen LogP contribution in [0.4, 0.5) is 4.39 Å². The maximum Gasteiger partial charge on any atom is 0.267 e. The molecule has 29 heavy (non-hydrogen) atoms. The van der Waals surface area contributed by atoms with Gasteiger partial charge in [0.15, 0.2) is 0 Å². The van der Waals surface area contributed by atoms with Gasteiger partial charge in [0.05, 0.1) is 5.69 Å². The Morgan fingerprint density at radius 1 is 1.07 bits per heavy atom. The third-order valence-electron chi connectivity index (χ3n) is 4.99. The summed E-state index contributed by atoms with van der Waals surface area (Å²) in [4.78, 5) is 38.7. The second-order valence-electron chi connectivity index (χ2n) is 7.04. The smallest absolute Gasteiger partial charge is 0.267 e. The van der Waals surface area contributed by atoms with Crippen LogP contribution >= 0.6 is 0 Å². The number of carbonyl (C=O) groups excluding carboxylic acids is 1. The summed E-state index contributed by atoms with van der Waals surface area (Å²) in [5, 5.41) is 4.10. The van der Waals surface area contributed by atoms with Crippen molar-refractivity contribution in [3.8, 4) is 5.69 Å². The lowest BCUT2D eigenvalue weighted by atomic mass is 10.0. The molecule has 0 radical (unpaired) electrons. The molecule has 0 unspecified atom stereocenters.